The van der Waals surface area contributed by atoms with Crippen LogP contribution in [0.2, 0.25) is 0 Å². The highest BCUT2D eigenvalue weighted by Crippen LogP contribution is 2.42. The van der Waals surface area contributed by atoms with E-state index in [4.69, 9.17) is 9.15 Å². The van der Waals surface area contributed by atoms with Crippen LogP contribution in [-0.4, -0.2) is 53.4 Å². The van der Waals surface area contributed by atoms with Crippen molar-refractivity contribution in [1.29, 1.82) is 0 Å². The van der Waals surface area contributed by atoms with Crippen molar-refractivity contribution in [2.45, 2.75) is 19.9 Å². The van der Waals surface area contributed by atoms with Crippen molar-refractivity contribution in [1.82, 2.24) is 20.0 Å². The fraction of sp³-hybridized carbons (Fsp3) is 0.579. The minimum absolute atomic E-state index is 0.113. The van der Waals surface area contributed by atoms with Gasteiger partial charge in [-0.1, -0.05) is 0 Å². The number of amides is 1. The van der Waals surface area contributed by atoms with E-state index < -0.39 is 5.41 Å². The number of rotatable bonds is 6. The molecular weight excluding hydrogens is 332 g/mol. The minimum atomic E-state index is -0.434. The Morgan fingerprint density at radius 2 is 2.35 bits per heavy atom. The molecule has 7 nitrogen and oxygen atoms in total. The van der Waals surface area contributed by atoms with Gasteiger partial charge in [-0.25, -0.2) is 0 Å². The fourth-order valence-electron chi connectivity index (χ4n) is 4.17. The Kier molecular flexibility index (Phi) is 4.58. The highest BCUT2D eigenvalue weighted by molar-refractivity contribution is 5.84. The monoisotopic (exact) mass is 358 g/mol. The molecule has 26 heavy (non-hydrogen) atoms. The number of carbonyl (C=O) groups is 1. The zero-order valence-electron chi connectivity index (χ0n) is 15.4. The van der Waals surface area contributed by atoms with Crippen molar-refractivity contribution in [2.24, 2.45) is 18.4 Å². The Morgan fingerprint density at radius 3 is 3.08 bits per heavy atom. The molecule has 1 N–H and O–H groups in total. The van der Waals surface area contributed by atoms with Crippen LogP contribution < -0.4 is 5.32 Å². The maximum absolute atomic E-state index is 13.0. The third kappa shape index (κ3) is 3.29. The third-order valence-electron chi connectivity index (χ3n) is 5.53. The van der Waals surface area contributed by atoms with Crippen molar-refractivity contribution in [3.63, 3.8) is 0 Å². The van der Waals surface area contributed by atoms with Crippen molar-refractivity contribution in [2.75, 3.05) is 32.8 Å². The van der Waals surface area contributed by atoms with E-state index in [0.717, 1.165) is 43.1 Å². The van der Waals surface area contributed by atoms with Gasteiger partial charge in [0.15, 0.2) is 0 Å². The SMILES string of the molecule is Cc1ccc(CN2C[C@@H]3COC[C@]3(C(=O)NCCc3cnn(C)c3)C2)o1. The van der Waals surface area contributed by atoms with E-state index >= 15 is 0 Å². The predicted molar refractivity (Wildman–Crippen MR) is 95.4 cm³/mol. The molecular formula is C19H26N4O3. The second-order valence-electron chi connectivity index (χ2n) is 7.58. The Hall–Kier alpha value is -2.12. The first-order valence-corrected chi connectivity index (χ1v) is 9.16. The maximum atomic E-state index is 13.0. The number of likely N-dealkylation sites (tertiary alicyclic amines) is 1. The first-order valence-electron chi connectivity index (χ1n) is 9.16. The average Bonchev–Trinajstić information content (AvgIpc) is 3.33. The normalized spacial score (nSPS) is 25.5. The third-order valence-corrected chi connectivity index (χ3v) is 5.53. The summed E-state index contributed by atoms with van der Waals surface area (Å²) in [4.78, 5) is 15.3. The van der Waals surface area contributed by atoms with E-state index in [2.05, 4.69) is 15.3 Å². The van der Waals surface area contributed by atoms with Crippen LogP contribution in [0.5, 0.6) is 0 Å². The molecule has 0 saturated carbocycles. The second kappa shape index (κ2) is 6.89. The largest absolute Gasteiger partial charge is 0.465 e. The number of furan rings is 1. The van der Waals surface area contributed by atoms with E-state index in [1.807, 2.05) is 38.5 Å². The molecule has 4 heterocycles. The van der Waals surface area contributed by atoms with Gasteiger partial charge < -0.3 is 14.5 Å². The van der Waals surface area contributed by atoms with Gasteiger partial charge in [0, 0.05) is 38.8 Å². The lowest BCUT2D eigenvalue weighted by atomic mass is 9.80. The molecule has 0 radical (unpaired) electrons. The predicted octanol–water partition coefficient (Wildman–Crippen LogP) is 1.13. The van der Waals surface area contributed by atoms with Gasteiger partial charge in [0.05, 0.1) is 31.4 Å². The molecule has 2 saturated heterocycles. The van der Waals surface area contributed by atoms with E-state index in [-0.39, 0.29) is 11.8 Å². The summed E-state index contributed by atoms with van der Waals surface area (Å²) in [6, 6.07) is 4.00. The van der Waals surface area contributed by atoms with Gasteiger partial charge in [-0.05, 0) is 31.0 Å². The lowest BCUT2D eigenvalue weighted by Gasteiger charge is -2.26. The summed E-state index contributed by atoms with van der Waals surface area (Å²) in [5.41, 5.74) is 0.696. The lowest BCUT2D eigenvalue weighted by molar-refractivity contribution is -0.131. The van der Waals surface area contributed by atoms with Crippen LogP contribution in [-0.2, 0) is 29.5 Å². The molecule has 0 bridgehead atoms. The highest BCUT2D eigenvalue weighted by atomic mass is 16.5. The zero-order valence-corrected chi connectivity index (χ0v) is 15.4. The molecule has 140 valence electrons. The molecule has 4 rings (SSSR count). The Labute approximate surface area is 153 Å². The molecule has 2 aromatic heterocycles. The van der Waals surface area contributed by atoms with Gasteiger partial charge in [-0.2, -0.15) is 5.10 Å². The molecule has 2 aromatic rings. The summed E-state index contributed by atoms with van der Waals surface area (Å²) in [7, 11) is 1.90. The minimum Gasteiger partial charge on any atom is -0.465 e. The van der Waals surface area contributed by atoms with Crippen LogP contribution in [0.1, 0.15) is 17.1 Å². The molecule has 0 spiro atoms. The van der Waals surface area contributed by atoms with Crippen LogP contribution in [0.15, 0.2) is 28.9 Å². The van der Waals surface area contributed by atoms with Crippen molar-refractivity contribution in [3.8, 4) is 0 Å². The molecule has 2 atom stereocenters. The maximum Gasteiger partial charge on any atom is 0.230 e. The molecule has 7 heteroatoms. The number of hydrogen-bond acceptors (Lipinski definition) is 5. The van der Waals surface area contributed by atoms with E-state index in [9.17, 15) is 4.79 Å². The van der Waals surface area contributed by atoms with Crippen LogP contribution in [0.25, 0.3) is 0 Å². The van der Waals surface area contributed by atoms with Gasteiger partial charge in [-0.15, -0.1) is 0 Å². The summed E-state index contributed by atoms with van der Waals surface area (Å²) in [5.74, 6) is 2.24. The quantitative estimate of drug-likeness (QED) is 0.838. The van der Waals surface area contributed by atoms with Gasteiger partial charge in [0.1, 0.15) is 11.5 Å². The molecule has 2 aliphatic heterocycles. The van der Waals surface area contributed by atoms with Crippen LogP contribution in [0, 0.1) is 18.3 Å². The van der Waals surface area contributed by atoms with Crippen LogP contribution in [0.4, 0.5) is 0 Å². The smallest absolute Gasteiger partial charge is 0.230 e. The number of aryl methyl sites for hydroxylation is 2. The van der Waals surface area contributed by atoms with Gasteiger partial charge >= 0.3 is 0 Å². The second-order valence-corrected chi connectivity index (χ2v) is 7.58. The van der Waals surface area contributed by atoms with E-state index in [0.29, 0.717) is 19.8 Å². The first-order chi connectivity index (χ1) is 12.5. The van der Waals surface area contributed by atoms with Crippen LogP contribution >= 0.6 is 0 Å². The number of aromatic nitrogens is 2. The van der Waals surface area contributed by atoms with Gasteiger partial charge in [0.25, 0.3) is 0 Å². The fourth-order valence-corrected chi connectivity index (χ4v) is 4.17. The summed E-state index contributed by atoms with van der Waals surface area (Å²) in [6.45, 7) is 6.07. The molecule has 0 aromatic carbocycles. The summed E-state index contributed by atoms with van der Waals surface area (Å²) in [6.07, 6.45) is 4.61. The highest BCUT2D eigenvalue weighted by Gasteiger charge is 2.55. The topological polar surface area (TPSA) is 72.5 Å². The van der Waals surface area contributed by atoms with Crippen molar-refractivity contribution >= 4 is 5.91 Å². The first kappa shape index (κ1) is 17.3. The molecule has 2 aliphatic rings. The Morgan fingerprint density at radius 1 is 1.46 bits per heavy atom. The van der Waals surface area contributed by atoms with Crippen molar-refractivity contribution in [3.05, 3.63) is 41.6 Å². The van der Waals surface area contributed by atoms with Crippen LogP contribution in [0.3, 0.4) is 0 Å². The number of carbonyl (C=O) groups excluding carboxylic acids is 1. The molecule has 2 fully saturated rings. The van der Waals surface area contributed by atoms with E-state index in [1.54, 1.807) is 4.68 Å². The Balaban J connectivity index is 1.36. The van der Waals surface area contributed by atoms with Gasteiger partial charge in [-0.3, -0.25) is 14.4 Å². The number of nitrogens with one attached hydrogen (secondary N) is 1. The molecule has 1 amide bonds. The van der Waals surface area contributed by atoms with Gasteiger partial charge in [0.2, 0.25) is 5.91 Å². The van der Waals surface area contributed by atoms with E-state index in [1.165, 1.54) is 0 Å². The number of hydrogen-bond donors (Lipinski definition) is 1. The lowest BCUT2D eigenvalue weighted by Crippen LogP contribution is -2.47. The number of ether oxygens (including phenoxy) is 1. The number of nitrogens with zero attached hydrogens (tertiary/aromatic N) is 3. The standard InChI is InChI=1S/C19H26N4O3/c1-14-3-4-17(26-14)10-23-9-16-11-25-13-19(16,12-23)18(24)20-6-5-15-7-21-22(2)8-15/h3-4,7-8,16H,5-6,9-13H2,1-2H3,(H,20,24)/t16-,19-/m1/s1. The zero-order chi connectivity index (χ0) is 18.1. The average molecular weight is 358 g/mol. The Bertz CT molecular complexity index is 783. The summed E-state index contributed by atoms with van der Waals surface area (Å²) >= 11 is 0. The summed E-state index contributed by atoms with van der Waals surface area (Å²) in [5, 5.41) is 7.29. The molecule has 0 aliphatic carbocycles. The van der Waals surface area contributed by atoms with Crippen molar-refractivity contribution < 1.29 is 13.9 Å². The number of fused-ring (bicyclic) bond motifs is 1. The molecule has 0 unspecified atom stereocenters. The summed E-state index contributed by atoms with van der Waals surface area (Å²) < 4.78 is 13.2.